The second-order valence-corrected chi connectivity index (χ2v) is 4.97. The van der Waals surface area contributed by atoms with Crippen LogP contribution in [-0.2, 0) is 4.79 Å². The molecule has 0 aliphatic carbocycles. The van der Waals surface area contributed by atoms with Crippen molar-refractivity contribution >= 4 is 28.6 Å². The molecule has 0 aliphatic rings. The summed E-state index contributed by atoms with van der Waals surface area (Å²) in [6, 6.07) is 7.87. The molecule has 0 fully saturated rings. The van der Waals surface area contributed by atoms with Gasteiger partial charge in [-0.25, -0.2) is 4.98 Å². The van der Waals surface area contributed by atoms with Crippen LogP contribution in [0.2, 0.25) is 0 Å². The van der Waals surface area contributed by atoms with Gasteiger partial charge in [0.1, 0.15) is 5.78 Å². The number of nitrogens with zero attached hydrogens (tertiary/aromatic N) is 1. The summed E-state index contributed by atoms with van der Waals surface area (Å²) >= 11 is 1.49. The number of hydrogen-bond acceptors (Lipinski definition) is 3. The molecule has 0 aliphatic heterocycles. The van der Waals surface area contributed by atoms with Crippen molar-refractivity contribution in [2.45, 2.75) is 30.7 Å². The maximum atomic E-state index is 11.5. The Kier molecular flexibility index (Phi) is 3.29. The summed E-state index contributed by atoms with van der Waals surface area (Å²) in [5.74, 6) is 0.255. The summed E-state index contributed by atoms with van der Waals surface area (Å²) in [7, 11) is 0. The molecule has 0 amide bonds. The molecule has 84 valence electrons. The van der Waals surface area contributed by atoms with Crippen LogP contribution >= 0.6 is 11.8 Å². The minimum Gasteiger partial charge on any atom is -0.333 e. The third kappa shape index (κ3) is 2.27. The van der Waals surface area contributed by atoms with Crippen LogP contribution in [-0.4, -0.2) is 21.0 Å². The van der Waals surface area contributed by atoms with E-state index in [-0.39, 0.29) is 11.0 Å². The lowest BCUT2D eigenvalue weighted by molar-refractivity contribution is -0.118. The summed E-state index contributed by atoms with van der Waals surface area (Å²) < 4.78 is 0. The van der Waals surface area contributed by atoms with Crippen molar-refractivity contribution in [1.82, 2.24) is 9.97 Å². The minimum atomic E-state index is -0.0365. The third-order valence-electron chi connectivity index (χ3n) is 2.46. The average Bonchev–Trinajstić information content (AvgIpc) is 2.69. The SMILES string of the molecule is CCC(=O)C(C)Sc1nc2ccccc2[nH]1. The zero-order chi connectivity index (χ0) is 11.5. The Bertz CT molecular complexity index is 473. The van der Waals surface area contributed by atoms with Gasteiger partial charge < -0.3 is 4.98 Å². The Hall–Kier alpha value is -1.29. The summed E-state index contributed by atoms with van der Waals surface area (Å²) in [6.07, 6.45) is 0.578. The van der Waals surface area contributed by atoms with Crippen molar-refractivity contribution in [3.05, 3.63) is 24.3 Å². The van der Waals surface area contributed by atoms with Crippen LogP contribution < -0.4 is 0 Å². The normalized spacial score (nSPS) is 12.9. The van der Waals surface area contributed by atoms with E-state index < -0.39 is 0 Å². The highest BCUT2D eigenvalue weighted by Gasteiger charge is 2.14. The van der Waals surface area contributed by atoms with Crippen molar-refractivity contribution in [3.63, 3.8) is 0 Å². The highest BCUT2D eigenvalue weighted by Crippen LogP contribution is 2.24. The van der Waals surface area contributed by atoms with Gasteiger partial charge in [-0.15, -0.1) is 0 Å². The number of para-hydroxylation sites is 2. The van der Waals surface area contributed by atoms with Crippen molar-refractivity contribution < 1.29 is 4.79 Å². The molecule has 4 heteroatoms. The van der Waals surface area contributed by atoms with Gasteiger partial charge in [0.25, 0.3) is 0 Å². The number of H-pyrrole nitrogens is 1. The lowest BCUT2D eigenvalue weighted by Crippen LogP contribution is -2.11. The predicted octanol–water partition coefficient (Wildman–Crippen LogP) is 3.02. The van der Waals surface area contributed by atoms with E-state index >= 15 is 0 Å². The summed E-state index contributed by atoms with van der Waals surface area (Å²) in [4.78, 5) is 19.1. The van der Waals surface area contributed by atoms with Crippen LogP contribution in [0.4, 0.5) is 0 Å². The van der Waals surface area contributed by atoms with Crippen LogP contribution in [0.25, 0.3) is 11.0 Å². The van der Waals surface area contributed by atoms with Gasteiger partial charge in [0.2, 0.25) is 0 Å². The van der Waals surface area contributed by atoms with Crippen LogP contribution in [0.15, 0.2) is 29.4 Å². The quantitative estimate of drug-likeness (QED) is 0.827. The van der Waals surface area contributed by atoms with Crippen molar-refractivity contribution in [2.24, 2.45) is 0 Å². The van der Waals surface area contributed by atoms with Crippen LogP contribution in [0.1, 0.15) is 20.3 Å². The lowest BCUT2D eigenvalue weighted by Gasteiger charge is -2.05. The standard InChI is InChI=1S/C12H14N2OS/c1-3-11(15)8(2)16-12-13-9-6-4-5-7-10(9)14-12/h4-8H,3H2,1-2H3,(H,13,14). The number of aromatic amines is 1. The number of rotatable bonds is 4. The number of benzene rings is 1. The first-order valence-corrected chi connectivity index (χ1v) is 6.22. The molecule has 1 atom stereocenters. The highest BCUT2D eigenvalue weighted by molar-refractivity contribution is 8.00. The maximum Gasteiger partial charge on any atom is 0.167 e. The van der Waals surface area contributed by atoms with Gasteiger partial charge in [-0.2, -0.15) is 0 Å². The molecule has 0 saturated heterocycles. The zero-order valence-electron chi connectivity index (χ0n) is 9.36. The van der Waals surface area contributed by atoms with Gasteiger partial charge in [-0.3, -0.25) is 4.79 Å². The van der Waals surface area contributed by atoms with Gasteiger partial charge in [0.15, 0.2) is 5.16 Å². The fraction of sp³-hybridized carbons (Fsp3) is 0.333. The van der Waals surface area contributed by atoms with Gasteiger partial charge >= 0.3 is 0 Å². The number of fused-ring (bicyclic) bond motifs is 1. The maximum absolute atomic E-state index is 11.5. The topological polar surface area (TPSA) is 45.8 Å². The Morgan fingerprint density at radius 3 is 2.94 bits per heavy atom. The summed E-state index contributed by atoms with van der Waals surface area (Å²) in [5.41, 5.74) is 1.96. The first-order chi connectivity index (χ1) is 7.70. The second-order valence-electron chi connectivity index (χ2n) is 3.64. The number of hydrogen-bond donors (Lipinski definition) is 1. The van der Waals surface area contributed by atoms with Crippen LogP contribution in [0.5, 0.6) is 0 Å². The number of thioether (sulfide) groups is 1. The number of carbonyl (C=O) groups is 1. The van der Waals surface area contributed by atoms with Crippen molar-refractivity contribution in [1.29, 1.82) is 0 Å². The van der Waals surface area contributed by atoms with Crippen molar-refractivity contribution in [3.8, 4) is 0 Å². The molecule has 0 spiro atoms. The van der Waals surface area contributed by atoms with Gasteiger partial charge in [-0.1, -0.05) is 30.8 Å². The second kappa shape index (κ2) is 4.70. The minimum absolute atomic E-state index is 0.0365. The molecule has 2 aromatic rings. The molecule has 1 N–H and O–H groups in total. The Balaban J connectivity index is 2.18. The molecular weight excluding hydrogens is 220 g/mol. The first kappa shape index (κ1) is 11.2. The molecule has 1 aromatic heterocycles. The molecule has 16 heavy (non-hydrogen) atoms. The Labute approximate surface area is 98.7 Å². The molecule has 1 aromatic carbocycles. The van der Waals surface area contributed by atoms with Gasteiger partial charge in [0, 0.05) is 6.42 Å². The number of Topliss-reactive ketones (excluding diaryl/α,β-unsaturated/α-hetero) is 1. The number of aromatic nitrogens is 2. The smallest absolute Gasteiger partial charge is 0.167 e. The van der Waals surface area contributed by atoms with Crippen LogP contribution in [0.3, 0.4) is 0 Å². The summed E-state index contributed by atoms with van der Waals surface area (Å²) in [6.45, 7) is 3.81. The predicted molar refractivity (Wildman–Crippen MR) is 66.7 cm³/mol. The molecule has 1 unspecified atom stereocenters. The molecular formula is C12H14N2OS. The van der Waals surface area contributed by atoms with E-state index in [0.29, 0.717) is 6.42 Å². The largest absolute Gasteiger partial charge is 0.333 e. The number of ketones is 1. The fourth-order valence-corrected chi connectivity index (χ4v) is 2.46. The molecule has 0 radical (unpaired) electrons. The Morgan fingerprint density at radius 2 is 2.25 bits per heavy atom. The molecule has 1 heterocycles. The van der Waals surface area contributed by atoms with E-state index in [0.717, 1.165) is 16.2 Å². The van der Waals surface area contributed by atoms with Crippen molar-refractivity contribution in [2.75, 3.05) is 0 Å². The van der Waals surface area contributed by atoms with Gasteiger partial charge in [0.05, 0.1) is 16.3 Å². The van der Waals surface area contributed by atoms with E-state index in [1.807, 2.05) is 38.1 Å². The molecule has 0 saturated carbocycles. The average molecular weight is 234 g/mol. The zero-order valence-corrected chi connectivity index (χ0v) is 10.2. The van der Waals surface area contributed by atoms with Crippen LogP contribution in [0, 0.1) is 0 Å². The van der Waals surface area contributed by atoms with Gasteiger partial charge in [-0.05, 0) is 19.1 Å². The number of carbonyl (C=O) groups excluding carboxylic acids is 1. The number of imidazole rings is 1. The van der Waals surface area contributed by atoms with E-state index in [1.165, 1.54) is 11.8 Å². The van der Waals surface area contributed by atoms with E-state index in [2.05, 4.69) is 9.97 Å². The lowest BCUT2D eigenvalue weighted by atomic mass is 10.2. The molecule has 0 bridgehead atoms. The molecule has 3 nitrogen and oxygen atoms in total. The number of nitrogens with one attached hydrogen (secondary N) is 1. The van der Waals surface area contributed by atoms with E-state index in [9.17, 15) is 4.79 Å². The molecule has 2 rings (SSSR count). The Morgan fingerprint density at radius 1 is 1.50 bits per heavy atom. The summed E-state index contributed by atoms with van der Waals surface area (Å²) in [5, 5.41) is 0.779. The first-order valence-electron chi connectivity index (χ1n) is 5.35. The fourth-order valence-electron chi connectivity index (χ4n) is 1.51. The van der Waals surface area contributed by atoms with E-state index in [4.69, 9.17) is 0 Å². The third-order valence-corrected chi connectivity index (χ3v) is 3.49. The monoisotopic (exact) mass is 234 g/mol. The highest BCUT2D eigenvalue weighted by atomic mass is 32.2. The van der Waals surface area contributed by atoms with E-state index in [1.54, 1.807) is 0 Å².